The van der Waals surface area contributed by atoms with Crippen molar-refractivity contribution in [3.63, 3.8) is 0 Å². The number of carboxylic acid groups (broad SMARTS) is 1. The molecule has 0 radical (unpaired) electrons. The molecule has 0 atom stereocenters. The number of hydrogen-bond donors (Lipinski definition) is 1. The Morgan fingerprint density at radius 2 is 1.90 bits per heavy atom. The Labute approximate surface area is 133 Å². The molecule has 0 unspecified atom stereocenters. The van der Waals surface area contributed by atoms with E-state index in [0.717, 1.165) is 0 Å². The number of ether oxygens (including phenoxy) is 1. The number of amides is 1. The van der Waals surface area contributed by atoms with Gasteiger partial charge >= 0.3 is 5.97 Å². The highest BCUT2D eigenvalue weighted by atomic mass is 35.5. The van der Waals surface area contributed by atoms with Crippen molar-refractivity contribution in [2.45, 2.75) is 26.3 Å². The normalized spacial score (nSPS) is 11.1. The minimum absolute atomic E-state index is 0.288. The third-order valence-corrected chi connectivity index (χ3v) is 3.18. The van der Waals surface area contributed by atoms with Crippen LogP contribution in [0.15, 0.2) is 18.2 Å². The average molecular weight is 334 g/mol. The molecule has 1 aromatic carbocycles. The van der Waals surface area contributed by atoms with E-state index in [9.17, 15) is 9.59 Å². The van der Waals surface area contributed by atoms with E-state index in [1.54, 1.807) is 32.9 Å². The van der Waals surface area contributed by atoms with E-state index in [2.05, 4.69) is 0 Å². The zero-order valence-electron chi connectivity index (χ0n) is 12.0. The maximum absolute atomic E-state index is 12.1. The van der Waals surface area contributed by atoms with Crippen molar-refractivity contribution in [2.75, 3.05) is 13.2 Å². The Balaban J connectivity index is 2.76. The fraction of sp³-hybridized carbons (Fsp3) is 0.429. The lowest BCUT2D eigenvalue weighted by molar-refractivity contribution is -0.149. The van der Waals surface area contributed by atoms with Crippen LogP contribution in [-0.4, -0.2) is 40.6 Å². The summed E-state index contributed by atoms with van der Waals surface area (Å²) in [5.74, 6) is -1.20. The molecule has 0 heterocycles. The third kappa shape index (κ3) is 5.44. The smallest absolute Gasteiger partial charge is 0.323 e. The number of halogens is 2. The highest BCUT2D eigenvalue weighted by molar-refractivity contribution is 6.35. The topological polar surface area (TPSA) is 66.8 Å². The van der Waals surface area contributed by atoms with Crippen molar-refractivity contribution >= 4 is 35.1 Å². The van der Waals surface area contributed by atoms with E-state index < -0.39 is 17.4 Å². The summed E-state index contributed by atoms with van der Waals surface area (Å²) in [6.45, 7) is 4.57. The molecule has 1 amide bonds. The summed E-state index contributed by atoms with van der Waals surface area (Å²) < 4.78 is 5.34. The van der Waals surface area contributed by atoms with Gasteiger partial charge < -0.3 is 14.7 Å². The molecule has 0 saturated carbocycles. The molecule has 21 heavy (non-hydrogen) atoms. The predicted molar refractivity (Wildman–Crippen MR) is 81.1 cm³/mol. The number of carbonyl (C=O) groups excluding carboxylic acids is 1. The summed E-state index contributed by atoms with van der Waals surface area (Å²) >= 11 is 11.7. The van der Waals surface area contributed by atoms with Crippen LogP contribution in [0.25, 0.3) is 0 Å². The number of rotatable bonds is 5. The largest absolute Gasteiger partial charge is 0.482 e. The number of nitrogens with zero attached hydrogens (tertiary/aromatic N) is 1. The van der Waals surface area contributed by atoms with Gasteiger partial charge in [0, 0.05) is 10.6 Å². The van der Waals surface area contributed by atoms with Crippen LogP contribution in [0.1, 0.15) is 20.8 Å². The monoisotopic (exact) mass is 333 g/mol. The van der Waals surface area contributed by atoms with Crippen molar-refractivity contribution in [1.29, 1.82) is 0 Å². The summed E-state index contributed by atoms with van der Waals surface area (Å²) in [6, 6.07) is 4.64. The number of hydrogen-bond acceptors (Lipinski definition) is 3. The second kappa shape index (κ2) is 7.00. The van der Waals surface area contributed by atoms with E-state index in [1.807, 2.05) is 0 Å². The number of carboxylic acids is 1. The van der Waals surface area contributed by atoms with E-state index in [1.165, 1.54) is 11.0 Å². The molecule has 0 aromatic heterocycles. The van der Waals surface area contributed by atoms with Crippen LogP contribution in [0.4, 0.5) is 0 Å². The number of benzene rings is 1. The van der Waals surface area contributed by atoms with Crippen LogP contribution in [0.2, 0.25) is 10.0 Å². The average Bonchev–Trinajstić information content (AvgIpc) is 2.33. The standard InChI is InChI=1S/C14H17Cl2NO4/c1-14(2,3)17(7-13(19)20)12(18)8-21-11-5-4-9(15)6-10(11)16/h4-6H,7-8H2,1-3H3,(H,19,20). The molecular formula is C14H17Cl2NO4. The molecule has 1 N–H and O–H groups in total. The minimum atomic E-state index is -1.08. The van der Waals surface area contributed by atoms with Crippen LogP contribution in [0, 0.1) is 0 Å². The van der Waals surface area contributed by atoms with Gasteiger partial charge in [0.25, 0.3) is 5.91 Å². The second-order valence-electron chi connectivity index (χ2n) is 5.41. The molecule has 5 nitrogen and oxygen atoms in total. The summed E-state index contributed by atoms with van der Waals surface area (Å²) in [4.78, 5) is 24.2. The molecule has 116 valence electrons. The lowest BCUT2D eigenvalue weighted by Crippen LogP contribution is -2.50. The summed E-state index contributed by atoms with van der Waals surface area (Å²) in [5, 5.41) is 9.63. The van der Waals surface area contributed by atoms with Gasteiger partial charge in [-0.15, -0.1) is 0 Å². The van der Waals surface area contributed by atoms with Crippen molar-refractivity contribution < 1.29 is 19.4 Å². The van der Waals surface area contributed by atoms with Crippen molar-refractivity contribution in [3.8, 4) is 5.75 Å². The first-order chi connectivity index (χ1) is 9.61. The molecule has 1 rings (SSSR count). The van der Waals surface area contributed by atoms with Gasteiger partial charge in [0.1, 0.15) is 12.3 Å². The lowest BCUT2D eigenvalue weighted by Gasteiger charge is -2.34. The van der Waals surface area contributed by atoms with Crippen LogP contribution in [0.5, 0.6) is 5.75 Å². The van der Waals surface area contributed by atoms with Gasteiger partial charge in [-0.3, -0.25) is 9.59 Å². The quantitative estimate of drug-likeness (QED) is 0.899. The SMILES string of the molecule is CC(C)(C)N(CC(=O)O)C(=O)COc1ccc(Cl)cc1Cl. The predicted octanol–water partition coefficient (Wildman–Crippen LogP) is 3.08. The van der Waals surface area contributed by atoms with Crippen molar-refractivity contribution in [3.05, 3.63) is 28.2 Å². The van der Waals surface area contributed by atoms with E-state index in [0.29, 0.717) is 10.8 Å². The van der Waals surface area contributed by atoms with Gasteiger partial charge in [0.05, 0.1) is 5.02 Å². The molecule has 0 aliphatic heterocycles. The fourth-order valence-electron chi connectivity index (χ4n) is 1.64. The Bertz CT molecular complexity index is 540. The highest BCUT2D eigenvalue weighted by Crippen LogP contribution is 2.27. The van der Waals surface area contributed by atoms with Crippen LogP contribution >= 0.6 is 23.2 Å². The van der Waals surface area contributed by atoms with Gasteiger partial charge in [-0.2, -0.15) is 0 Å². The van der Waals surface area contributed by atoms with Gasteiger partial charge in [-0.05, 0) is 39.0 Å². The van der Waals surface area contributed by atoms with Crippen molar-refractivity contribution in [2.24, 2.45) is 0 Å². The molecule has 7 heteroatoms. The number of carbonyl (C=O) groups is 2. The first-order valence-corrected chi connectivity index (χ1v) is 6.97. The van der Waals surface area contributed by atoms with Gasteiger partial charge in [0.15, 0.2) is 6.61 Å². The molecule has 1 aromatic rings. The Morgan fingerprint density at radius 1 is 1.29 bits per heavy atom. The Hall–Kier alpha value is -1.46. The molecular weight excluding hydrogens is 317 g/mol. The third-order valence-electron chi connectivity index (χ3n) is 2.65. The summed E-state index contributed by atoms with van der Waals surface area (Å²) in [7, 11) is 0. The van der Waals surface area contributed by atoms with Gasteiger partial charge in [-0.1, -0.05) is 23.2 Å². The Morgan fingerprint density at radius 3 is 2.38 bits per heavy atom. The lowest BCUT2D eigenvalue weighted by atomic mass is 10.1. The Kier molecular flexibility index (Phi) is 5.87. The van der Waals surface area contributed by atoms with E-state index in [4.69, 9.17) is 33.0 Å². The fourth-order valence-corrected chi connectivity index (χ4v) is 2.11. The zero-order valence-corrected chi connectivity index (χ0v) is 13.5. The number of aliphatic carboxylic acids is 1. The molecule has 0 aliphatic carbocycles. The second-order valence-corrected chi connectivity index (χ2v) is 6.25. The molecule has 0 saturated heterocycles. The first-order valence-electron chi connectivity index (χ1n) is 6.21. The van der Waals surface area contributed by atoms with E-state index >= 15 is 0 Å². The molecule has 0 fully saturated rings. The van der Waals surface area contributed by atoms with Crippen molar-refractivity contribution in [1.82, 2.24) is 4.90 Å². The first kappa shape index (κ1) is 17.6. The van der Waals surface area contributed by atoms with Crippen LogP contribution in [-0.2, 0) is 9.59 Å². The maximum Gasteiger partial charge on any atom is 0.323 e. The summed E-state index contributed by atoms with van der Waals surface area (Å²) in [6.07, 6.45) is 0. The molecule has 0 bridgehead atoms. The van der Waals surface area contributed by atoms with Crippen LogP contribution < -0.4 is 4.74 Å². The highest BCUT2D eigenvalue weighted by Gasteiger charge is 2.28. The van der Waals surface area contributed by atoms with Gasteiger partial charge in [0.2, 0.25) is 0 Å². The minimum Gasteiger partial charge on any atom is -0.482 e. The van der Waals surface area contributed by atoms with E-state index in [-0.39, 0.29) is 18.2 Å². The molecule has 0 aliphatic rings. The summed E-state index contributed by atoms with van der Waals surface area (Å²) in [5.41, 5.74) is -0.622. The molecule has 0 spiro atoms. The maximum atomic E-state index is 12.1. The zero-order chi connectivity index (χ0) is 16.2. The van der Waals surface area contributed by atoms with Gasteiger partial charge in [-0.25, -0.2) is 0 Å². The van der Waals surface area contributed by atoms with Crippen LogP contribution in [0.3, 0.4) is 0 Å².